The molecule has 21 heavy (non-hydrogen) atoms. The van der Waals surface area contributed by atoms with Crippen molar-refractivity contribution < 1.29 is 14.6 Å². The number of ether oxygens (including phenoxy) is 1. The Bertz CT molecular complexity index is 299. The molecule has 1 N–H and O–H groups in total. The van der Waals surface area contributed by atoms with Gasteiger partial charge in [-0.15, -0.1) is 0 Å². The molecule has 3 heteroatoms. The van der Waals surface area contributed by atoms with Crippen LogP contribution < -0.4 is 0 Å². The summed E-state index contributed by atoms with van der Waals surface area (Å²) in [5.74, 6) is -0.218. The van der Waals surface area contributed by atoms with Gasteiger partial charge in [0, 0.05) is 6.08 Å². The van der Waals surface area contributed by atoms with Crippen LogP contribution in [0.2, 0.25) is 0 Å². The topological polar surface area (TPSA) is 46.5 Å². The summed E-state index contributed by atoms with van der Waals surface area (Å²) in [4.78, 5) is 11.8. The third kappa shape index (κ3) is 9.67. The molecule has 0 aliphatic carbocycles. The highest BCUT2D eigenvalue weighted by Crippen LogP contribution is 2.18. The molecule has 0 aromatic heterocycles. The lowest BCUT2D eigenvalue weighted by molar-refractivity contribution is -0.144. The van der Waals surface area contributed by atoms with Crippen molar-refractivity contribution in [1.29, 1.82) is 0 Å². The number of cyclic esters (lactones) is 1. The summed E-state index contributed by atoms with van der Waals surface area (Å²) >= 11 is 0. The molecule has 0 amide bonds. The summed E-state index contributed by atoms with van der Waals surface area (Å²) in [5.41, 5.74) is 0. The molecule has 3 nitrogen and oxygen atoms in total. The van der Waals surface area contributed by atoms with E-state index in [9.17, 15) is 9.90 Å². The molecule has 0 bridgehead atoms. The molecule has 0 saturated carbocycles. The van der Waals surface area contributed by atoms with Gasteiger partial charge in [0.25, 0.3) is 0 Å². The van der Waals surface area contributed by atoms with Gasteiger partial charge < -0.3 is 9.84 Å². The highest BCUT2D eigenvalue weighted by molar-refractivity contribution is 5.82. The minimum atomic E-state index is -0.240. The smallest absolute Gasteiger partial charge is 0.330 e. The summed E-state index contributed by atoms with van der Waals surface area (Å²) in [7, 11) is 0. The minimum Gasteiger partial charge on any atom is -0.459 e. The second-order valence-electron chi connectivity index (χ2n) is 6.18. The third-order valence-electron chi connectivity index (χ3n) is 4.15. The fraction of sp³-hybridized carbons (Fsp3) is 0.833. The zero-order valence-electron chi connectivity index (χ0n) is 13.6. The van der Waals surface area contributed by atoms with Crippen LogP contribution in [0, 0.1) is 0 Å². The second kappa shape index (κ2) is 11.8. The molecular formula is C18H32O3. The lowest BCUT2D eigenvalue weighted by atomic mass is 10.0. The van der Waals surface area contributed by atoms with Crippen LogP contribution >= 0.6 is 0 Å². The van der Waals surface area contributed by atoms with Crippen LogP contribution in [0.25, 0.3) is 0 Å². The molecule has 0 aromatic carbocycles. The Hall–Kier alpha value is -0.830. The lowest BCUT2D eigenvalue weighted by Gasteiger charge is -2.19. The molecule has 122 valence electrons. The SMILES string of the molecule is CCCCCCC1CCC(O)CCCCC/C=C/C(=O)O1. The maximum absolute atomic E-state index is 11.8. The number of allylic oxidation sites excluding steroid dienone is 1. The number of rotatable bonds is 5. The first-order chi connectivity index (χ1) is 10.2. The first-order valence-corrected chi connectivity index (χ1v) is 8.77. The number of aliphatic hydroxyl groups is 1. The maximum atomic E-state index is 11.8. The quantitative estimate of drug-likeness (QED) is 0.599. The van der Waals surface area contributed by atoms with Crippen molar-refractivity contribution in [2.45, 2.75) is 96.2 Å². The van der Waals surface area contributed by atoms with Crippen molar-refractivity contribution in [2.24, 2.45) is 0 Å². The summed E-state index contributed by atoms with van der Waals surface area (Å²) < 4.78 is 5.56. The van der Waals surface area contributed by atoms with Crippen LogP contribution in [0.3, 0.4) is 0 Å². The van der Waals surface area contributed by atoms with E-state index in [4.69, 9.17) is 4.74 Å². The van der Waals surface area contributed by atoms with Gasteiger partial charge in [0.05, 0.1) is 6.10 Å². The molecule has 0 fully saturated rings. The zero-order chi connectivity index (χ0) is 15.3. The number of esters is 1. The summed E-state index contributed by atoms with van der Waals surface area (Å²) in [6, 6.07) is 0. The van der Waals surface area contributed by atoms with Gasteiger partial charge >= 0.3 is 5.97 Å². The standard InChI is InChI=1S/C18H32O3/c1-2-3-4-9-12-17-15-14-16(19)11-8-6-5-7-10-13-18(20)21-17/h10,13,16-17,19H,2-9,11-12,14-15H2,1H3/b13-10+. The van der Waals surface area contributed by atoms with Crippen LogP contribution in [-0.4, -0.2) is 23.3 Å². The summed E-state index contributed by atoms with van der Waals surface area (Å²) in [6.45, 7) is 2.19. The van der Waals surface area contributed by atoms with E-state index >= 15 is 0 Å². The monoisotopic (exact) mass is 296 g/mol. The molecule has 2 unspecified atom stereocenters. The van der Waals surface area contributed by atoms with Gasteiger partial charge in [-0.25, -0.2) is 4.79 Å². The van der Waals surface area contributed by atoms with E-state index in [1.807, 2.05) is 6.08 Å². The lowest BCUT2D eigenvalue weighted by Crippen LogP contribution is -2.19. The van der Waals surface area contributed by atoms with Crippen LogP contribution in [0.5, 0.6) is 0 Å². The number of carbonyl (C=O) groups excluding carboxylic acids is 1. The Labute approximate surface area is 129 Å². The van der Waals surface area contributed by atoms with Crippen LogP contribution in [0.4, 0.5) is 0 Å². The fourth-order valence-electron chi connectivity index (χ4n) is 2.79. The molecule has 1 rings (SSSR count). The number of aliphatic hydroxyl groups excluding tert-OH is 1. The molecule has 2 atom stereocenters. The molecule has 0 spiro atoms. The van der Waals surface area contributed by atoms with E-state index in [0.717, 1.165) is 57.8 Å². The van der Waals surface area contributed by atoms with Gasteiger partial charge in [-0.05, 0) is 44.9 Å². The molecule has 1 aliphatic heterocycles. The van der Waals surface area contributed by atoms with E-state index in [0.29, 0.717) is 0 Å². The Morgan fingerprint density at radius 2 is 2.00 bits per heavy atom. The fourth-order valence-corrected chi connectivity index (χ4v) is 2.79. The largest absolute Gasteiger partial charge is 0.459 e. The number of carbonyl (C=O) groups is 1. The van der Waals surface area contributed by atoms with Crippen LogP contribution in [0.1, 0.15) is 84.0 Å². The van der Waals surface area contributed by atoms with E-state index in [2.05, 4.69) is 6.92 Å². The van der Waals surface area contributed by atoms with Crippen molar-refractivity contribution in [2.75, 3.05) is 0 Å². The number of hydrogen-bond acceptors (Lipinski definition) is 3. The van der Waals surface area contributed by atoms with Gasteiger partial charge in [0.2, 0.25) is 0 Å². The van der Waals surface area contributed by atoms with Gasteiger partial charge in [-0.3, -0.25) is 0 Å². The third-order valence-corrected chi connectivity index (χ3v) is 4.15. The summed E-state index contributed by atoms with van der Waals surface area (Å²) in [6.07, 6.45) is 15.5. The van der Waals surface area contributed by atoms with Crippen molar-refractivity contribution in [3.8, 4) is 0 Å². The van der Waals surface area contributed by atoms with E-state index in [1.165, 1.54) is 19.3 Å². The van der Waals surface area contributed by atoms with Gasteiger partial charge in [-0.1, -0.05) is 45.1 Å². The second-order valence-corrected chi connectivity index (χ2v) is 6.18. The van der Waals surface area contributed by atoms with Crippen molar-refractivity contribution in [3.63, 3.8) is 0 Å². The van der Waals surface area contributed by atoms with Gasteiger partial charge in [0.1, 0.15) is 6.10 Å². The Morgan fingerprint density at radius 3 is 2.81 bits per heavy atom. The average molecular weight is 296 g/mol. The number of unbranched alkanes of at least 4 members (excludes halogenated alkanes) is 3. The zero-order valence-corrected chi connectivity index (χ0v) is 13.6. The van der Waals surface area contributed by atoms with E-state index < -0.39 is 0 Å². The number of hydrogen-bond donors (Lipinski definition) is 1. The predicted octanol–water partition coefficient (Wildman–Crippen LogP) is 4.53. The first-order valence-electron chi connectivity index (χ1n) is 8.77. The average Bonchev–Trinajstić information content (AvgIpc) is 2.48. The predicted molar refractivity (Wildman–Crippen MR) is 86.1 cm³/mol. The Balaban J connectivity index is 2.46. The molecule has 1 heterocycles. The van der Waals surface area contributed by atoms with Gasteiger partial charge in [-0.2, -0.15) is 0 Å². The van der Waals surface area contributed by atoms with Crippen molar-refractivity contribution in [1.82, 2.24) is 0 Å². The molecular weight excluding hydrogens is 264 g/mol. The normalized spacial score (nSPS) is 27.0. The van der Waals surface area contributed by atoms with Crippen molar-refractivity contribution in [3.05, 3.63) is 12.2 Å². The molecule has 0 saturated heterocycles. The maximum Gasteiger partial charge on any atom is 0.330 e. The van der Waals surface area contributed by atoms with Crippen LogP contribution in [-0.2, 0) is 9.53 Å². The molecule has 0 aromatic rings. The highest BCUT2D eigenvalue weighted by Gasteiger charge is 2.15. The first kappa shape index (κ1) is 18.2. The Morgan fingerprint density at radius 1 is 1.14 bits per heavy atom. The summed E-state index contributed by atoms with van der Waals surface area (Å²) in [5, 5.41) is 10.0. The Kier molecular flexibility index (Phi) is 10.2. The molecule has 0 radical (unpaired) electrons. The van der Waals surface area contributed by atoms with Crippen molar-refractivity contribution >= 4 is 5.97 Å². The van der Waals surface area contributed by atoms with E-state index in [1.54, 1.807) is 6.08 Å². The van der Waals surface area contributed by atoms with Gasteiger partial charge in [0.15, 0.2) is 0 Å². The van der Waals surface area contributed by atoms with E-state index in [-0.39, 0.29) is 18.2 Å². The highest BCUT2D eigenvalue weighted by atomic mass is 16.5. The minimum absolute atomic E-state index is 0.0330. The van der Waals surface area contributed by atoms with Crippen LogP contribution in [0.15, 0.2) is 12.2 Å². The molecule has 1 aliphatic rings.